The van der Waals surface area contributed by atoms with Gasteiger partial charge in [-0.05, 0) is 91.8 Å². The van der Waals surface area contributed by atoms with Gasteiger partial charge in [0.15, 0.2) is 0 Å². The van der Waals surface area contributed by atoms with E-state index >= 15 is 0 Å². The SMILES string of the molecule is O=C1NS(=O)(=O)C[C@H](O)/C=C/C[C@H](O)[C@@H]2CC[C@H]2CN2CCCCc3cc(Cl)ccc3COc3ccc1cc32. The zero-order valence-electron chi connectivity index (χ0n) is 21.8. The molecule has 2 aliphatic heterocycles. The molecule has 0 radical (unpaired) electrons. The molecule has 39 heavy (non-hydrogen) atoms. The van der Waals surface area contributed by atoms with Gasteiger partial charge in [0.1, 0.15) is 12.4 Å². The Hall–Kier alpha value is -2.59. The molecule has 2 aromatic carbocycles. The van der Waals surface area contributed by atoms with Gasteiger partial charge in [-0.25, -0.2) is 13.1 Å². The predicted octanol–water partition coefficient (Wildman–Crippen LogP) is 3.83. The fourth-order valence-electron chi connectivity index (χ4n) is 5.76. The van der Waals surface area contributed by atoms with Crippen molar-refractivity contribution < 1.29 is 28.2 Å². The number of aliphatic hydroxyl groups excluding tert-OH is 2. The number of aliphatic hydroxyl groups is 2. The number of fused-ring (bicyclic) bond motifs is 3. The van der Waals surface area contributed by atoms with Crippen LogP contribution in [0.2, 0.25) is 5.02 Å². The maximum absolute atomic E-state index is 13.0. The highest BCUT2D eigenvalue weighted by Gasteiger charge is 2.37. The summed E-state index contributed by atoms with van der Waals surface area (Å²) in [5, 5.41) is 21.8. The van der Waals surface area contributed by atoms with Gasteiger partial charge in [0.05, 0.1) is 23.6 Å². The first kappa shape index (κ1) is 28.0. The molecule has 3 N–H and O–H groups in total. The van der Waals surface area contributed by atoms with Crippen LogP contribution in [-0.2, 0) is 23.1 Å². The van der Waals surface area contributed by atoms with Crippen LogP contribution in [0, 0.1) is 11.8 Å². The second kappa shape index (κ2) is 11.9. The van der Waals surface area contributed by atoms with E-state index < -0.39 is 33.9 Å². The quantitative estimate of drug-likeness (QED) is 0.410. The topological polar surface area (TPSA) is 116 Å². The Morgan fingerprint density at radius 1 is 1.05 bits per heavy atom. The molecule has 2 bridgehead atoms. The molecule has 0 saturated heterocycles. The van der Waals surface area contributed by atoms with Gasteiger partial charge in [-0.15, -0.1) is 0 Å². The summed E-state index contributed by atoms with van der Waals surface area (Å²) in [7, 11) is -4.10. The minimum Gasteiger partial charge on any atom is -0.487 e. The van der Waals surface area contributed by atoms with Crippen molar-refractivity contribution in [3.8, 4) is 5.75 Å². The van der Waals surface area contributed by atoms with Crippen LogP contribution in [0.15, 0.2) is 48.6 Å². The van der Waals surface area contributed by atoms with Crippen LogP contribution in [0.4, 0.5) is 5.69 Å². The van der Waals surface area contributed by atoms with Crippen LogP contribution in [-0.4, -0.2) is 55.6 Å². The molecule has 1 aliphatic carbocycles. The molecular weight excluding hydrogens is 540 g/mol. The number of halogens is 1. The van der Waals surface area contributed by atoms with Crippen molar-refractivity contribution in [3.63, 3.8) is 0 Å². The average molecular weight is 575 g/mol. The molecule has 0 spiro atoms. The van der Waals surface area contributed by atoms with E-state index in [1.165, 1.54) is 6.08 Å². The number of sulfonamides is 1. The standard InChI is InChI=1S/C29H35ClN2O6S/c30-23-10-7-22-17-38-28-12-9-20-15-26(28)32(13-2-1-4-19(22)14-23)16-21-8-11-25(21)27(34)6-3-5-24(33)18-39(36,37)31-29(20)35/h3,5,7,9-10,12,14-15,21,24-25,27,33-34H,1-2,4,6,8,11,13,16-18H2,(H,31,35)/b5-3+/t21-,24+,25+,27-/m0/s1. The van der Waals surface area contributed by atoms with Gasteiger partial charge in [-0.2, -0.15) is 0 Å². The second-order valence-corrected chi connectivity index (χ2v) is 13.0. The normalized spacial score (nSPS) is 28.4. The summed E-state index contributed by atoms with van der Waals surface area (Å²) in [4.78, 5) is 15.2. The minimum absolute atomic E-state index is 0.101. The number of nitrogens with one attached hydrogen (secondary N) is 1. The number of ether oxygens (including phenoxy) is 1. The molecular formula is C29H35ClN2O6S. The number of carbonyl (C=O) groups excluding carboxylic acids is 1. The smallest absolute Gasteiger partial charge is 0.264 e. The maximum atomic E-state index is 13.0. The van der Waals surface area contributed by atoms with E-state index in [0.29, 0.717) is 30.3 Å². The van der Waals surface area contributed by atoms with Gasteiger partial charge in [-0.1, -0.05) is 29.8 Å². The van der Waals surface area contributed by atoms with Crippen molar-refractivity contribution in [1.82, 2.24) is 4.72 Å². The lowest BCUT2D eigenvalue weighted by molar-refractivity contribution is 0.0180. The van der Waals surface area contributed by atoms with E-state index in [2.05, 4.69) is 9.62 Å². The van der Waals surface area contributed by atoms with E-state index in [1.54, 1.807) is 24.3 Å². The van der Waals surface area contributed by atoms with Crippen molar-refractivity contribution in [2.45, 2.75) is 57.3 Å². The number of amides is 1. The third-order valence-electron chi connectivity index (χ3n) is 8.04. The van der Waals surface area contributed by atoms with E-state index in [4.69, 9.17) is 16.3 Å². The monoisotopic (exact) mass is 574 g/mol. The van der Waals surface area contributed by atoms with Crippen molar-refractivity contribution in [2.24, 2.45) is 11.8 Å². The largest absolute Gasteiger partial charge is 0.487 e. The van der Waals surface area contributed by atoms with Crippen LogP contribution in [0.1, 0.15) is 53.6 Å². The highest BCUT2D eigenvalue weighted by molar-refractivity contribution is 7.90. The van der Waals surface area contributed by atoms with Gasteiger partial charge in [0.25, 0.3) is 5.91 Å². The number of benzene rings is 2. The van der Waals surface area contributed by atoms with Crippen molar-refractivity contribution in [1.29, 1.82) is 0 Å². The first-order chi connectivity index (χ1) is 18.7. The Balaban J connectivity index is 1.52. The highest BCUT2D eigenvalue weighted by atomic mass is 35.5. The van der Waals surface area contributed by atoms with Crippen LogP contribution in [0.5, 0.6) is 5.75 Å². The number of hydrogen-bond donors (Lipinski definition) is 3. The molecule has 1 saturated carbocycles. The Morgan fingerprint density at radius 2 is 1.90 bits per heavy atom. The van der Waals surface area contributed by atoms with Crippen LogP contribution >= 0.6 is 11.6 Å². The molecule has 4 atom stereocenters. The van der Waals surface area contributed by atoms with E-state index in [1.807, 2.05) is 18.2 Å². The Morgan fingerprint density at radius 3 is 2.69 bits per heavy atom. The van der Waals surface area contributed by atoms with Crippen molar-refractivity contribution in [3.05, 3.63) is 70.3 Å². The van der Waals surface area contributed by atoms with Crippen LogP contribution in [0.3, 0.4) is 0 Å². The van der Waals surface area contributed by atoms with Gasteiger partial charge in [-0.3, -0.25) is 4.79 Å². The molecule has 1 fully saturated rings. The van der Waals surface area contributed by atoms with Gasteiger partial charge in [0, 0.05) is 23.7 Å². The fraction of sp³-hybridized carbons (Fsp3) is 0.483. The van der Waals surface area contributed by atoms with Crippen LogP contribution in [0.25, 0.3) is 0 Å². The summed E-state index contributed by atoms with van der Waals surface area (Å²) < 4.78 is 33.6. The third kappa shape index (κ3) is 6.77. The second-order valence-electron chi connectivity index (χ2n) is 10.8. The Bertz CT molecular complexity index is 1350. The maximum Gasteiger partial charge on any atom is 0.264 e. The summed E-state index contributed by atoms with van der Waals surface area (Å²) in [5.41, 5.74) is 3.12. The number of carbonyl (C=O) groups is 1. The fourth-order valence-corrected chi connectivity index (χ4v) is 7.00. The summed E-state index contributed by atoms with van der Waals surface area (Å²) in [6.07, 6.45) is 6.07. The Labute approximate surface area is 234 Å². The molecule has 1 amide bonds. The predicted molar refractivity (Wildman–Crippen MR) is 151 cm³/mol. The molecule has 0 unspecified atom stereocenters. The van der Waals surface area contributed by atoms with Gasteiger partial charge < -0.3 is 19.8 Å². The zero-order chi connectivity index (χ0) is 27.6. The lowest BCUT2D eigenvalue weighted by Gasteiger charge is -2.43. The summed E-state index contributed by atoms with van der Waals surface area (Å²) in [6.45, 7) is 1.75. The molecule has 2 heterocycles. The Kier molecular flexibility index (Phi) is 8.52. The van der Waals surface area contributed by atoms with E-state index in [-0.39, 0.29) is 17.4 Å². The molecule has 5 rings (SSSR count). The molecule has 2 aromatic rings. The summed E-state index contributed by atoms with van der Waals surface area (Å²) >= 11 is 6.27. The van der Waals surface area contributed by atoms with Crippen LogP contribution < -0.4 is 14.4 Å². The zero-order valence-corrected chi connectivity index (χ0v) is 23.3. The number of rotatable bonds is 0. The van der Waals surface area contributed by atoms with Crippen molar-refractivity contribution in [2.75, 3.05) is 23.7 Å². The number of anilines is 1. The number of hydrogen-bond acceptors (Lipinski definition) is 7. The first-order valence-corrected chi connectivity index (χ1v) is 15.6. The highest BCUT2D eigenvalue weighted by Crippen LogP contribution is 2.41. The van der Waals surface area contributed by atoms with Crippen molar-refractivity contribution >= 4 is 33.2 Å². The molecule has 8 nitrogen and oxygen atoms in total. The molecule has 3 aliphatic rings. The lowest BCUT2D eigenvalue weighted by Crippen LogP contribution is -2.43. The van der Waals surface area contributed by atoms with E-state index in [9.17, 15) is 23.4 Å². The van der Waals surface area contributed by atoms with Gasteiger partial charge in [0.2, 0.25) is 10.0 Å². The minimum atomic E-state index is -4.10. The molecule has 0 aromatic heterocycles. The average Bonchev–Trinajstić information content (AvgIpc) is 2.88. The summed E-state index contributed by atoms with van der Waals surface area (Å²) in [5.74, 6) is -0.441. The molecule has 10 heteroatoms. The molecule has 210 valence electrons. The number of nitrogens with zero attached hydrogens (tertiary/aromatic N) is 1. The number of aryl methyl sites for hydroxylation is 1. The third-order valence-corrected chi connectivity index (χ3v) is 9.55. The summed E-state index contributed by atoms with van der Waals surface area (Å²) in [6, 6.07) is 10.8. The van der Waals surface area contributed by atoms with E-state index in [0.717, 1.165) is 55.5 Å². The lowest BCUT2D eigenvalue weighted by atomic mass is 9.69. The van der Waals surface area contributed by atoms with Gasteiger partial charge >= 0.3 is 0 Å². The first-order valence-electron chi connectivity index (χ1n) is 13.6.